The molecule has 110 valence electrons. The molecule has 1 amide bonds. The van der Waals surface area contributed by atoms with E-state index >= 15 is 0 Å². The van der Waals surface area contributed by atoms with Crippen LogP contribution in [0.4, 0.5) is 0 Å². The number of ether oxygens (including phenoxy) is 2. The van der Waals surface area contributed by atoms with Gasteiger partial charge in [0, 0.05) is 12.6 Å². The molecule has 0 unspecified atom stereocenters. The Bertz CT molecular complexity index is 458. The third-order valence-electron chi connectivity index (χ3n) is 3.09. The minimum absolute atomic E-state index is 0.0606. The molecule has 1 saturated carbocycles. The molecule has 1 aromatic rings. The quantitative estimate of drug-likeness (QED) is 0.756. The van der Waals surface area contributed by atoms with E-state index in [2.05, 4.69) is 10.6 Å². The highest BCUT2D eigenvalue weighted by Crippen LogP contribution is 2.27. The summed E-state index contributed by atoms with van der Waals surface area (Å²) in [5, 5.41) is 6.07. The summed E-state index contributed by atoms with van der Waals surface area (Å²) in [7, 11) is 1.62. The molecule has 1 aliphatic rings. The van der Waals surface area contributed by atoms with Crippen LogP contribution >= 0.6 is 0 Å². The van der Waals surface area contributed by atoms with Crippen LogP contribution in [0.3, 0.4) is 0 Å². The van der Waals surface area contributed by atoms with E-state index in [-0.39, 0.29) is 5.91 Å². The fourth-order valence-corrected chi connectivity index (χ4v) is 1.92. The maximum atomic E-state index is 11.5. The molecule has 20 heavy (non-hydrogen) atoms. The van der Waals surface area contributed by atoms with Crippen LogP contribution in [0.5, 0.6) is 11.5 Å². The Morgan fingerprint density at radius 3 is 2.80 bits per heavy atom. The van der Waals surface area contributed by atoms with Crippen LogP contribution in [0.25, 0.3) is 0 Å². The number of methoxy groups -OCH3 is 1. The van der Waals surface area contributed by atoms with Crippen molar-refractivity contribution in [3.8, 4) is 11.5 Å². The summed E-state index contributed by atoms with van der Waals surface area (Å²) in [6.45, 7) is 3.51. The number of amides is 1. The minimum Gasteiger partial charge on any atom is -0.493 e. The van der Waals surface area contributed by atoms with Crippen LogP contribution in [0, 0.1) is 0 Å². The zero-order valence-electron chi connectivity index (χ0n) is 12.1. The lowest BCUT2D eigenvalue weighted by molar-refractivity contribution is -0.120. The van der Waals surface area contributed by atoms with Gasteiger partial charge in [0.1, 0.15) is 0 Å². The molecule has 1 fully saturated rings. The Morgan fingerprint density at radius 1 is 1.35 bits per heavy atom. The first-order valence-corrected chi connectivity index (χ1v) is 7.02. The smallest absolute Gasteiger partial charge is 0.234 e. The van der Waals surface area contributed by atoms with Gasteiger partial charge in [0.25, 0.3) is 0 Å². The van der Waals surface area contributed by atoms with Gasteiger partial charge in [-0.15, -0.1) is 0 Å². The molecule has 2 rings (SSSR count). The zero-order valence-corrected chi connectivity index (χ0v) is 12.1. The molecule has 1 aliphatic carbocycles. The second-order valence-electron chi connectivity index (χ2n) is 4.86. The van der Waals surface area contributed by atoms with Crippen molar-refractivity contribution in [2.24, 2.45) is 0 Å². The predicted molar refractivity (Wildman–Crippen MR) is 77.0 cm³/mol. The van der Waals surface area contributed by atoms with E-state index in [0.717, 1.165) is 24.2 Å². The first-order chi connectivity index (χ1) is 9.72. The molecule has 0 atom stereocenters. The topological polar surface area (TPSA) is 59.6 Å². The molecule has 5 nitrogen and oxygen atoms in total. The largest absolute Gasteiger partial charge is 0.493 e. The lowest BCUT2D eigenvalue weighted by atomic mass is 10.2. The Morgan fingerprint density at radius 2 is 2.15 bits per heavy atom. The fourth-order valence-electron chi connectivity index (χ4n) is 1.92. The standard InChI is InChI=1S/C15H22N2O3/c1-3-20-13-7-4-11(8-14(13)19-2)9-16-10-15(18)17-12-5-6-12/h4,7-8,12,16H,3,5-6,9-10H2,1-2H3,(H,17,18). The first kappa shape index (κ1) is 14.7. The van der Waals surface area contributed by atoms with Crippen LogP contribution < -0.4 is 20.1 Å². The van der Waals surface area contributed by atoms with Gasteiger partial charge in [-0.2, -0.15) is 0 Å². The summed E-state index contributed by atoms with van der Waals surface area (Å²) in [6.07, 6.45) is 2.23. The van der Waals surface area contributed by atoms with Crippen molar-refractivity contribution in [1.29, 1.82) is 0 Å². The van der Waals surface area contributed by atoms with Crippen LogP contribution in [-0.4, -0.2) is 32.2 Å². The number of hydrogen-bond acceptors (Lipinski definition) is 4. The van der Waals surface area contributed by atoms with Crippen molar-refractivity contribution in [2.45, 2.75) is 32.4 Å². The van der Waals surface area contributed by atoms with Gasteiger partial charge in [-0.3, -0.25) is 4.79 Å². The predicted octanol–water partition coefficient (Wildman–Crippen LogP) is 1.46. The highest BCUT2D eigenvalue weighted by atomic mass is 16.5. The Labute approximate surface area is 119 Å². The number of carbonyl (C=O) groups excluding carboxylic acids is 1. The molecule has 5 heteroatoms. The molecule has 0 aromatic heterocycles. The van der Waals surface area contributed by atoms with Crippen molar-refractivity contribution in [2.75, 3.05) is 20.3 Å². The molecule has 0 heterocycles. The SMILES string of the molecule is CCOc1ccc(CNCC(=O)NC2CC2)cc1OC. The Hall–Kier alpha value is -1.75. The fraction of sp³-hybridized carbons (Fsp3) is 0.533. The molecule has 0 bridgehead atoms. The maximum absolute atomic E-state index is 11.5. The van der Waals surface area contributed by atoms with Gasteiger partial charge < -0.3 is 20.1 Å². The number of benzene rings is 1. The van der Waals surface area contributed by atoms with Crippen molar-refractivity contribution in [3.63, 3.8) is 0 Å². The van der Waals surface area contributed by atoms with Crippen molar-refractivity contribution in [3.05, 3.63) is 23.8 Å². The van der Waals surface area contributed by atoms with Crippen molar-refractivity contribution >= 4 is 5.91 Å². The average Bonchev–Trinajstić information content (AvgIpc) is 3.24. The highest BCUT2D eigenvalue weighted by molar-refractivity contribution is 5.78. The van der Waals surface area contributed by atoms with Gasteiger partial charge in [0.15, 0.2) is 11.5 Å². The van der Waals surface area contributed by atoms with Crippen LogP contribution in [0.2, 0.25) is 0 Å². The average molecular weight is 278 g/mol. The summed E-state index contributed by atoms with van der Waals surface area (Å²) >= 11 is 0. The maximum Gasteiger partial charge on any atom is 0.234 e. The molecular weight excluding hydrogens is 256 g/mol. The number of nitrogens with one attached hydrogen (secondary N) is 2. The van der Waals surface area contributed by atoms with E-state index in [9.17, 15) is 4.79 Å². The van der Waals surface area contributed by atoms with E-state index in [4.69, 9.17) is 9.47 Å². The lowest BCUT2D eigenvalue weighted by Gasteiger charge is -2.11. The summed E-state index contributed by atoms with van der Waals surface area (Å²) in [5.41, 5.74) is 1.06. The first-order valence-electron chi connectivity index (χ1n) is 7.02. The summed E-state index contributed by atoms with van der Waals surface area (Å²) in [6, 6.07) is 6.20. The molecule has 1 aromatic carbocycles. The van der Waals surface area contributed by atoms with E-state index < -0.39 is 0 Å². The lowest BCUT2D eigenvalue weighted by Crippen LogP contribution is -2.34. The van der Waals surface area contributed by atoms with Crippen LogP contribution in [0.1, 0.15) is 25.3 Å². The highest BCUT2D eigenvalue weighted by Gasteiger charge is 2.22. The third kappa shape index (κ3) is 4.42. The van der Waals surface area contributed by atoms with E-state index in [1.54, 1.807) is 7.11 Å². The van der Waals surface area contributed by atoms with Crippen molar-refractivity contribution < 1.29 is 14.3 Å². The number of hydrogen-bond donors (Lipinski definition) is 2. The van der Waals surface area contributed by atoms with Gasteiger partial charge in [-0.05, 0) is 37.5 Å². The summed E-state index contributed by atoms with van der Waals surface area (Å²) < 4.78 is 10.8. The molecular formula is C15H22N2O3. The monoisotopic (exact) mass is 278 g/mol. The Kier molecular flexibility index (Phi) is 5.24. The van der Waals surface area contributed by atoms with Crippen molar-refractivity contribution in [1.82, 2.24) is 10.6 Å². The van der Waals surface area contributed by atoms with Gasteiger partial charge in [0.2, 0.25) is 5.91 Å². The molecule has 2 N–H and O–H groups in total. The number of carbonyl (C=O) groups is 1. The normalized spacial score (nSPS) is 13.9. The molecule has 0 saturated heterocycles. The van der Waals surface area contributed by atoms with Crippen LogP contribution in [-0.2, 0) is 11.3 Å². The second kappa shape index (κ2) is 7.14. The second-order valence-corrected chi connectivity index (χ2v) is 4.86. The number of rotatable bonds is 8. The van der Waals surface area contributed by atoms with Gasteiger partial charge in [-0.25, -0.2) is 0 Å². The minimum atomic E-state index is 0.0606. The van der Waals surface area contributed by atoms with Gasteiger partial charge in [-0.1, -0.05) is 6.07 Å². The Balaban J connectivity index is 1.81. The van der Waals surface area contributed by atoms with E-state index in [1.807, 2.05) is 25.1 Å². The third-order valence-corrected chi connectivity index (χ3v) is 3.09. The van der Waals surface area contributed by atoms with Gasteiger partial charge >= 0.3 is 0 Å². The van der Waals surface area contributed by atoms with E-state index in [0.29, 0.717) is 31.5 Å². The molecule has 0 aliphatic heterocycles. The summed E-state index contributed by atoms with van der Waals surface area (Å²) in [5.74, 6) is 1.52. The van der Waals surface area contributed by atoms with Gasteiger partial charge in [0.05, 0.1) is 20.3 Å². The molecule has 0 radical (unpaired) electrons. The van der Waals surface area contributed by atoms with E-state index in [1.165, 1.54) is 0 Å². The molecule has 0 spiro atoms. The van der Waals surface area contributed by atoms with Crippen LogP contribution in [0.15, 0.2) is 18.2 Å². The summed E-state index contributed by atoms with van der Waals surface area (Å²) in [4.78, 5) is 11.5. The zero-order chi connectivity index (χ0) is 14.4.